The first kappa shape index (κ1) is 13.8. The van der Waals surface area contributed by atoms with E-state index in [0.29, 0.717) is 12.3 Å². The van der Waals surface area contributed by atoms with Crippen LogP contribution in [0.4, 0.5) is 0 Å². The monoisotopic (exact) mass is 239 g/mol. The lowest BCUT2D eigenvalue weighted by molar-refractivity contribution is 0.106. The van der Waals surface area contributed by atoms with Crippen molar-refractivity contribution in [1.29, 1.82) is 0 Å². The van der Waals surface area contributed by atoms with E-state index in [1.165, 1.54) is 0 Å². The molecule has 1 atom stereocenters. The Morgan fingerprint density at radius 1 is 1.35 bits per heavy atom. The molecule has 0 amide bonds. The second-order valence-electron chi connectivity index (χ2n) is 3.85. The Kier molecular flexibility index (Phi) is 6.43. The van der Waals surface area contributed by atoms with Crippen LogP contribution in [-0.4, -0.2) is 38.0 Å². The molecule has 4 heteroatoms. The molecule has 1 rings (SSSR count). The summed E-state index contributed by atoms with van der Waals surface area (Å²) in [5.74, 6) is 1.46. The quantitative estimate of drug-likeness (QED) is 0.674. The van der Waals surface area contributed by atoms with Gasteiger partial charge in [0.05, 0.1) is 7.11 Å². The number of hydrogen-bond donors (Lipinski definition) is 2. The highest BCUT2D eigenvalue weighted by atomic mass is 16.5. The molecule has 4 nitrogen and oxygen atoms in total. The van der Waals surface area contributed by atoms with E-state index >= 15 is 0 Å². The molecule has 0 aromatic heterocycles. The molecule has 0 spiro atoms. The van der Waals surface area contributed by atoms with Crippen molar-refractivity contribution in [2.75, 3.05) is 26.8 Å². The summed E-state index contributed by atoms with van der Waals surface area (Å²) in [6.07, 6.45) is 0.566. The van der Waals surface area contributed by atoms with Crippen molar-refractivity contribution in [3.63, 3.8) is 0 Å². The highest BCUT2D eigenvalue weighted by Crippen LogP contribution is 2.18. The SMILES string of the molecule is CCCNCC(O)COc1cccc(OC)c1. The Labute approximate surface area is 103 Å². The van der Waals surface area contributed by atoms with E-state index in [1.807, 2.05) is 18.2 Å². The molecule has 0 aliphatic carbocycles. The molecule has 2 N–H and O–H groups in total. The van der Waals surface area contributed by atoms with Gasteiger partial charge in [-0.25, -0.2) is 0 Å². The van der Waals surface area contributed by atoms with Gasteiger partial charge in [0.2, 0.25) is 0 Å². The molecule has 0 aliphatic heterocycles. The van der Waals surface area contributed by atoms with Gasteiger partial charge < -0.3 is 19.9 Å². The molecule has 96 valence electrons. The molecular weight excluding hydrogens is 218 g/mol. The Morgan fingerprint density at radius 2 is 2.12 bits per heavy atom. The zero-order chi connectivity index (χ0) is 12.5. The lowest BCUT2D eigenvalue weighted by atomic mass is 10.3. The van der Waals surface area contributed by atoms with Crippen LogP contribution in [0.5, 0.6) is 11.5 Å². The van der Waals surface area contributed by atoms with Crippen molar-refractivity contribution < 1.29 is 14.6 Å². The normalized spacial score (nSPS) is 12.2. The molecule has 0 bridgehead atoms. The summed E-state index contributed by atoms with van der Waals surface area (Å²) < 4.78 is 10.6. The maximum absolute atomic E-state index is 9.64. The fourth-order valence-corrected chi connectivity index (χ4v) is 1.39. The minimum atomic E-state index is -0.493. The van der Waals surface area contributed by atoms with E-state index in [1.54, 1.807) is 13.2 Å². The van der Waals surface area contributed by atoms with E-state index in [4.69, 9.17) is 9.47 Å². The minimum Gasteiger partial charge on any atom is -0.497 e. The van der Waals surface area contributed by atoms with Crippen molar-refractivity contribution in [3.05, 3.63) is 24.3 Å². The van der Waals surface area contributed by atoms with Crippen LogP contribution < -0.4 is 14.8 Å². The lowest BCUT2D eigenvalue weighted by Gasteiger charge is -2.13. The first-order valence-corrected chi connectivity index (χ1v) is 5.92. The predicted molar refractivity (Wildman–Crippen MR) is 67.7 cm³/mol. The molecule has 0 saturated heterocycles. The van der Waals surface area contributed by atoms with E-state index in [-0.39, 0.29) is 6.61 Å². The van der Waals surface area contributed by atoms with Crippen LogP contribution in [0.2, 0.25) is 0 Å². The van der Waals surface area contributed by atoms with Crippen LogP contribution in [-0.2, 0) is 0 Å². The third-order valence-corrected chi connectivity index (χ3v) is 2.29. The number of nitrogens with one attached hydrogen (secondary N) is 1. The average molecular weight is 239 g/mol. The summed E-state index contributed by atoms with van der Waals surface area (Å²) in [4.78, 5) is 0. The Balaban J connectivity index is 2.28. The molecule has 0 aliphatic rings. The number of aliphatic hydroxyl groups is 1. The Bertz CT molecular complexity index is 317. The number of rotatable bonds is 8. The number of benzene rings is 1. The molecule has 1 aromatic rings. The maximum Gasteiger partial charge on any atom is 0.123 e. The van der Waals surface area contributed by atoms with Gasteiger partial charge in [-0.05, 0) is 25.1 Å². The average Bonchev–Trinajstić information content (AvgIpc) is 2.37. The highest BCUT2D eigenvalue weighted by molar-refractivity contribution is 5.32. The van der Waals surface area contributed by atoms with Gasteiger partial charge in [0.25, 0.3) is 0 Å². The van der Waals surface area contributed by atoms with Crippen molar-refractivity contribution in [2.24, 2.45) is 0 Å². The van der Waals surface area contributed by atoms with E-state index < -0.39 is 6.10 Å². The smallest absolute Gasteiger partial charge is 0.123 e. The molecular formula is C13H21NO3. The van der Waals surface area contributed by atoms with Crippen molar-refractivity contribution in [3.8, 4) is 11.5 Å². The topological polar surface area (TPSA) is 50.7 Å². The summed E-state index contributed by atoms with van der Waals surface area (Å²) in [7, 11) is 1.61. The van der Waals surface area contributed by atoms with E-state index in [2.05, 4.69) is 12.2 Å². The van der Waals surface area contributed by atoms with Crippen LogP contribution >= 0.6 is 0 Å². The van der Waals surface area contributed by atoms with Crippen LogP contribution in [0.15, 0.2) is 24.3 Å². The highest BCUT2D eigenvalue weighted by Gasteiger charge is 2.04. The van der Waals surface area contributed by atoms with Crippen LogP contribution in [0.25, 0.3) is 0 Å². The van der Waals surface area contributed by atoms with Gasteiger partial charge in [-0.3, -0.25) is 0 Å². The molecule has 1 unspecified atom stereocenters. The standard InChI is InChI=1S/C13H21NO3/c1-3-7-14-9-11(15)10-17-13-6-4-5-12(8-13)16-2/h4-6,8,11,14-15H,3,7,9-10H2,1-2H3. The van der Waals surface area contributed by atoms with E-state index in [0.717, 1.165) is 18.7 Å². The first-order valence-electron chi connectivity index (χ1n) is 5.92. The second-order valence-corrected chi connectivity index (χ2v) is 3.85. The largest absolute Gasteiger partial charge is 0.497 e. The lowest BCUT2D eigenvalue weighted by Crippen LogP contribution is -2.31. The summed E-state index contributed by atoms with van der Waals surface area (Å²) in [5.41, 5.74) is 0. The minimum absolute atomic E-state index is 0.282. The molecule has 0 saturated carbocycles. The zero-order valence-corrected chi connectivity index (χ0v) is 10.5. The van der Waals surface area contributed by atoms with Gasteiger partial charge in [-0.1, -0.05) is 13.0 Å². The molecule has 0 radical (unpaired) electrons. The number of ether oxygens (including phenoxy) is 2. The number of hydrogen-bond acceptors (Lipinski definition) is 4. The van der Waals surface area contributed by atoms with Crippen molar-refractivity contribution in [1.82, 2.24) is 5.32 Å². The Morgan fingerprint density at radius 3 is 2.82 bits per heavy atom. The predicted octanol–water partition coefficient (Wildman–Crippen LogP) is 1.43. The van der Waals surface area contributed by atoms with Gasteiger partial charge in [0.1, 0.15) is 24.2 Å². The fourth-order valence-electron chi connectivity index (χ4n) is 1.39. The van der Waals surface area contributed by atoms with Crippen LogP contribution in [0.3, 0.4) is 0 Å². The first-order chi connectivity index (χ1) is 8.26. The summed E-state index contributed by atoms with van der Waals surface area (Å²) in [6.45, 7) is 3.84. The second kappa shape index (κ2) is 7.92. The van der Waals surface area contributed by atoms with Gasteiger partial charge >= 0.3 is 0 Å². The van der Waals surface area contributed by atoms with E-state index in [9.17, 15) is 5.11 Å². The van der Waals surface area contributed by atoms with Gasteiger partial charge in [-0.2, -0.15) is 0 Å². The third kappa shape index (κ3) is 5.56. The van der Waals surface area contributed by atoms with Gasteiger partial charge in [0.15, 0.2) is 0 Å². The van der Waals surface area contributed by atoms with Crippen molar-refractivity contribution >= 4 is 0 Å². The Hall–Kier alpha value is -1.26. The molecule has 1 aromatic carbocycles. The van der Waals surface area contributed by atoms with Gasteiger partial charge in [0, 0.05) is 12.6 Å². The molecule has 17 heavy (non-hydrogen) atoms. The zero-order valence-electron chi connectivity index (χ0n) is 10.5. The van der Waals surface area contributed by atoms with Crippen LogP contribution in [0.1, 0.15) is 13.3 Å². The maximum atomic E-state index is 9.64. The number of aliphatic hydroxyl groups excluding tert-OH is 1. The molecule has 0 heterocycles. The fraction of sp³-hybridized carbons (Fsp3) is 0.538. The van der Waals surface area contributed by atoms with Crippen molar-refractivity contribution in [2.45, 2.75) is 19.4 Å². The summed E-state index contributed by atoms with van der Waals surface area (Å²) in [5, 5.41) is 12.8. The number of methoxy groups -OCH3 is 1. The molecule has 0 fully saturated rings. The third-order valence-electron chi connectivity index (χ3n) is 2.29. The van der Waals surface area contributed by atoms with Crippen LogP contribution in [0, 0.1) is 0 Å². The summed E-state index contributed by atoms with van der Waals surface area (Å²) in [6, 6.07) is 7.35. The summed E-state index contributed by atoms with van der Waals surface area (Å²) >= 11 is 0. The van der Waals surface area contributed by atoms with Gasteiger partial charge in [-0.15, -0.1) is 0 Å².